The number of amides is 1. The first-order valence-corrected chi connectivity index (χ1v) is 5.83. The number of halogens is 1. The van der Waals surface area contributed by atoms with Gasteiger partial charge in [-0.15, -0.1) is 0 Å². The summed E-state index contributed by atoms with van der Waals surface area (Å²) < 4.78 is 0. The molecule has 1 amide bonds. The molecule has 1 heterocycles. The molecule has 96 valence electrons. The fraction of sp³-hybridized carbons (Fsp3) is 0.333. The molecule has 0 spiro atoms. The average Bonchev–Trinajstić information content (AvgIpc) is 2.66. The Hall–Kier alpha value is -1.75. The lowest BCUT2D eigenvalue weighted by Gasteiger charge is -2.16. The number of nitrogens with zero attached hydrogens (tertiary/aromatic N) is 1. The van der Waals surface area contributed by atoms with Crippen LogP contribution in [0.5, 0.6) is 5.75 Å². The van der Waals surface area contributed by atoms with Crippen LogP contribution in [0.3, 0.4) is 0 Å². The summed E-state index contributed by atoms with van der Waals surface area (Å²) in [4.78, 5) is 23.9. The number of hydrogen-bond acceptors (Lipinski definition) is 3. The number of carboxylic acids is 1. The van der Waals surface area contributed by atoms with Crippen LogP contribution in [0, 0.1) is 5.92 Å². The van der Waals surface area contributed by atoms with Crippen molar-refractivity contribution >= 4 is 23.5 Å². The summed E-state index contributed by atoms with van der Waals surface area (Å²) in [6, 6.07) is 4.57. The highest BCUT2D eigenvalue weighted by Gasteiger charge is 2.34. The van der Waals surface area contributed by atoms with E-state index in [0.29, 0.717) is 10.6 Å². The molecular weight excluding hydrogens is 258 g/mol. The van der Waals surface area contributed by atoms with E-state index in [1.165, 1.54) is 11.0 Å². The van der Waals surface area contributed by atoms with Crippen LogP contribution in [0.15, 0.2) is 18.2 Å². The molecular formula is C12H12ClNO4. The summed E-state index contributed by atoms with van der Waals surface area (Å²) in [6.07, 6.45) is 0.0106. The first-order chi connectivity index (χ1) is 8.47. The van der Waals surface area contributed by atoms with Crippen LogP contribution in [0.1, 0.15) is 12.0 Å². The molecule has 1 aromatic carbocycles. The Bertz CT molecular complexity index is 503. The van der Waals surface area contributed by atoms with Gasteiger partial charge in [-0.25, -0.2) is 0 Å². The van der Waals surface area contributed by atoms with Gasteiger partial charge in [0.05, 0.1) is 5.92 Å². The third-order valence-electron chi connectivity index (χ3n) is 2.97. The van der Waals surface area contributed by atoms with E-state index < -0.39 is 11.9 Å². The van der Waals surface area contributed by atoms with Crippen LogP contribution in [0.25, 0.3) is 0 Å². The fourth-order valence-electron chi connectivity index (χ4n) is 1.98. The highest BCUT2D eigenvalue weighted by Crippen LogP contribution is 2.26. The normalized spacial score (nSPS) is 19.3. The van der Waals surface area contributed by atoms with E-state index in [1.54, 1.807) is 12.1 Å². The number of phenolic OH excluding ortho intramolecular Hbond substituents is 1. The van der Waals surface area contributed by atoms with Gasteiger partial charge in [-0.3, -0.25) is 9.59 Å². The Morgan fingerprint density at radius 1 is 1.50 bits per heavy atom. The van der Waals surface area contributed by atoms with Crippen LogP contribution in [-0.4, -0.2) is 33.5 Å². The fourth-order valence-corrected chi connectivity index (χ4v) is 2.17. The van der Waals surface area contributed by atoms with Crippen molar-refractivity contribution in [1.82, 2.24) is 4.90 Å². The van der Waals surface area contributed by atoms with Crippen molar-refractivity contribution in [2.24, 2.45) is 5.92 Å². The van der Waals surface area contributed by atoms with Crippen molar-refractivity contribution in [2.75, 3.05) is 6.54 Å². The second-order valence-electron chi connectivity index (χ2n) is 4.29. The van der Waals surface area contributed by atoms with E-state index in [4.69, 9.17) is 16.7 Å². The van der Waals surface area contributed by atoms with Gasteiger partial charge in [0.25, 0.3) is 0 Å². The first kappa shape index (κ1) is 12.7. The van der Waals surface area contributed by atoms with Crippen LogP contribution >= 0.6 is 11.6 Å². The van der Waals surface area contributed by atoms with E-state index in [0.717, 1.165) is 0 Å². The number of benzene rings is 1. The van der Waals surface area contributed by atoms with Crippen molar-refractivity contribution < 1.29 is 19.8 Å². The molecule has 18 heavy (non-hydrogen) atoms. The number of rotatable bonds is 3. The largest absolute Gasteiger partial charge is 0.508 e. The van der Waals surface area contributed by atoms with Crippen molar-refractivity contribution in [3.8, 4) is 5.75 Å². The minimum absolute atomic E-state index is 0.0106. The number of aromatic hydroxyl groups is 1. The maximum atomic E-state index is 11.6. The number of phenols is 1. The van der Waals surface area contributed by atoms with Crippen LogP contribution in [0.4, 0.5) is 0 Å². The molecule has 1 aromatic rings. The summed E-state index contributed by atoms with van der Waals surface area (Å²) >= 11 is 5.81. The van der Waals surface area contributed by atoms with Crippen molar-refractivity contribution in [1.29, 1.82) is 0 Å². The smallest absolute Gasteiger partial charge is 0.308 e. The lowest BCUT2D eigenvalue weighted by molar-refractivity contribution is -0.141. The highest BCUT2D eigenvalue weighted by molar-refractivity contribution is 6.30. The van der Waals surface area contributed by atoms with E-state index >= 15 is 0 Å². The van der Waals surface area contributed by atoms with Crippen molar-refractivity contribution in [3.63, 3.8) is 0 Å². The number of hydrogen-bond donors (Lipinski definition) is 2. The maximum absolute atomic E-state index is 11.6. The molecule has 1 atom stereocenters. The summed E-state index contributed by atoms with van der Waals surface area (Å²) in [5.74, 6) is -1.81. The summed E-state index contributed by atoms with van der Waals surface area (Å²) in [5, 5.41) is 19.0. The second-order valence-corrected chi connectivity index (χ2v) is 4.72. The Labute approximate surface area is 109 Å². The van der Waals surface area contributed by atoms with Crippen LogP contribution in [0.2, 0.25) is 5.02 Å². The third kappa shape index (κ3) is 2.56. The minimum Gasteiger partial charge on any atom is -0.508 e. The molecule has 0 bridgehead atoms. The van der Waals surface area contributed by atoms with E-state index in [1.807, 2.05) is 0 Å². The lowest BCUT2D eigenvalue weighted by Crippen LogP contribution is -2.25. The monoisotopic (exact) mass is 269 g/mol. The molecule has 6 heteroatoms. The molecule has 0 aromatic heterocycles. The van der Waals surface area contributed by atoms with E-state index in [-0.39, 0.29) is 31.2 Å². The van der Waals surface area contributed by atoms with Gasteiger partial charge in [0.15, 0.2) is 0 Å². The van der Waals surface area contributed by atoms with Crippen molar-refractivity contribution in [2.45, 2.75) is 13.0 Å². The van der Waals surface area contributed by atoms with E-state index in [2.05, 4.69) is 0 Å². The summed E-state index contributed by atoms with van der Waals surface area (Å²) in [7, 11) is 0. The zero-order valence-electron chi connectivity index (χ0n) is 9.47. The Balaban J connectivity index is 2.12. The molecule has 0 saturated carbocycles. The maximum Gasteiger partial charge on any atom is 0.308 e. The topological polar surface area (TPSA) is 77.8 Å². The number of aliphatic carboxylic acids is 1. The lowest BCUT2D eigenvalue weighted by atomic mass is 10.1. The van der Waals surface area contributed by atoms with Gasteiger partial charge in [0.2, 0.25) is 5.91 Å². The second kappa shape index (κ2) is 4.86. The number of likely N-dealkylation sites (tertiary alicyclic amines) is 1. The Kier molecular flexibility index (Phi) is 3.43. The number of carbonyl (C=O) groups excluding carboxylic acids is 1. The average molecular weight is 270 g/mol. The molecule has 1 aliphatic heterocycles. The molecule has 1 saturated heterocycles. The van der Waals surface area contributed by atoms with Gasteiger partial charge in [0.1, 0.15) is 5.75 Å². The zero-order valence-corrected chi connectivity index (χ0v) is 10.2. The van der Waals surface area contributed by atoms with Crippen LogP contribution in [-0.2, 0) is 16.1 Å². The molecule has 2 N–H and O–H groups in total. The Morgan fingerprint density at radius 2 is 2.22 bits per heavy atom. The molecule has 1 fully saturated rings. The van der Waals surface area contributed by atoms with Gasteiger partial charge in [0, 0.05) is 30.1 Å². The molecule has 1 aliphatic rings. The van der Waals surface area contributed by atoms with Crippen molar-refractivity contribution in [3.05, 3.63) is 28.8 Å². The molecule has 2 rings (SSSR count). The molecule has 0 aliphatic carbocycles. The van der Waals surface area contributed by atoms with Gasteiger partial charge in [-0.2, -0.15) is 0 Å². The molecule has 1 unspecified atom stereocenters. The van der Waals surface area contributed by atoms with Gasteiger partial charge < -0.3 is 15.1 Å². The SMILES string of the molecule is O=C(O)C1CC(=O)N(Cc2cc(Cl)ccc2O)C1. The minimum atomic E-state index is -0.971. The molecule has 5 nitrogen and oxygen atoms in total. The van der Waals surface area contributed by atoms with Gasteiger partial charge in [-0.1, -0.05) is 11.6 Å². The van der Waals surface area contributed by atoms with Gasteiger partial charge in [-0.05, 0) is 18.2 Å². The number of carboxylic acid groups (broad SMARTS) is 1. The van der Waals surface area contributed by atoms with Crippen LogP contribution < -0.4 is 0 Å². The van der Waals surface area contributed by atoms with E-state index in [9.17, 15) is 14.7 Å². The summed E-state index contributed by atoms with van der Waals surface area (Å²) in [6.45, 7) is 0.342. The third-order valence-corrected chi connectivity index (χ3v) is 3.20. The standard InChI is InChI=1S/C12H12ClNO4/c13-9-1-2-10(15)7(3-9)5-14-6-8(12(17)18)4-11(14)16/h1-3,8,15H,4-6H2,(H,17,18). The quantitative estimate of drug-likeness (QED) is 0.871. The zero-order chi connectivity index (χ0) is 13.3. The summed E-state index contributed by atoms with van der Waals surface area (Å²) in [5.41, 5.74) is 0.516. The van der Waals surface area contributed by atoms with Gasteiger partial charge >= 0.3 is 5.97 Å². The highest BCUT2D eigenvalue weighted by atomic mass is 35.5. The predicted molar refractivity (Wildman–Crippen MR) is 64.3 cm³/mol. The number of carbonyl (C=O) groups is 2. The molecule has 0 radical (unpaired) electrons. The first-order valence-electron chi connectivity index (χ1n) is 5.45. The predicted octanol–water partition coefficient (Wildman–Crippen LogP) is 1.48. The Morgan fingerprint density at radius 3 is 2.83 bits per heavy atom.